The molecule has 1 rings (SSSR count). The molecule has 0 aromatic rings. The third kappa shape index (κ3) is 4.58. The fraction of sp³-hybridized carbons (Fsp3) is 0.929. The van der Waals surface area contributed by atoms with Crippen molar-refractivity contribution >= 4 is 5.91 Å². The van der Waals surface area contributed by atoms with Crippen LogP contribution in [0.1, 0.15) is 53.4 Å². The van der Waals surface area contributed by atoms with E-state index < -0.39 is 11.1 Å². The minimum atomic E-state index is -0.922. The molecule has 1 fully saturated rings. The van der Waals surface area contributed by atoms with Crippen molar-refractivity contribution in [2.45, 2.75) is 64.5 Å². The van der Waals surface area contributed by atoms with Gasteiger partial charge in [0.05, 0.1) is 11.1 Å². The van der Waals surface area contributed by atoms with Crippen LogP contribution in [0.4, 0.5) is 0 Å². The second-order valence-electron chi connectivity index (χ2n) is 6.48. The highest BCUT2D eigenvalue weighted by atomic mass is 16.3. The van der Waals surface area contributed by atoms with Gasteiger partial charge in [0.25, 0.3) is 0 Å². The lowest BCUT2D eigenvalue weighted by molar-refractivity contribution is -0.126. The predicted molar refractivity (Wildman–Crippen MR) is 73.3 cm³/mol. The van der Waals surface area contributed by atoms with Gasteiger partial charge in [0.2, 0.25) is 5.91 Å². The van der Waals surface area contributed by atoms with Gasteiger partial charge in [-0.05, 0) is 66.0 Å². The van der Waals surface area contributed by atoms with Crippen LogP contribution in [0.2, 0.25) is 0 Å². The number of hydrogen-bond donors (Lipinski definition) is 3. The normalized spacial score (nSPS) is 21.7. The molecule has 0 aromatic carbocycles. The number of hydrogen-bond acceptors (Lipinski definition) is 3. The van der Waals surface area contributed by atoms with E-state index in [0.717, 1.165) is 19.5 Å². The zero-order valence-corrected chi connectivity index (χ0v) is 12.2. The molecule has 0 aromatic heterocycles. The van der Waals surface area contributed by atoms with Crippen molar-refractivity contribution in [3.05, 3.63) is 0 Å². The van der Waals surface area contributed by atoms with Gasteiger partial charge >= 0.3 is 0 Å². The molecule has 1 atom stereocenters. The molecule has 1 aliphatic rings. The largest absolute Gasteiger partial charge is 0.388 e. The average molecular weight is 256 g/mol. The van der Waals surface area contributed by atoms with E-state index in [4.69, 9.17) is 0 Å². The topological polar surface area (TPSA) is 61.4 Å². The summed E-state index contributed by atoms with van der Waals surface area (Å²) in [6.07, 6.45) is 3.91. The van der Waals surface area contributed by atoms with Crippen LogP contribution in [-0.4, -0.2) is 35.2 Å². The van der Waals surface area contributed by atoms with Gasteiger partial charge in [0.15, 0.2) is 0 Å². The molecule has 0 bridgehead atoms. The number of piperidine rings is 1. The fourth-order valence-corrected chi connectivity index (χ4v) is 2.07. The van der Waals surface area contributed by atoms with Gasteiger partial charge in [-0.3, -0.25) is 4.79 Å². The van der Waals surface area contributed by atoms with Crippen LogP contribution in [0.3, 0.4) is 0 Å². The van der Waals surface area contributed by atoms with E-state index in [1.165, 1.54) is 12.8 Å². The third-order valence-electron chi connectivity index (χ3n) is 4.16. The van der Waals surface area contributed by atoms with Gasteiger partial charge in [0.1, 0.15) is 0 Å². The summed E-state index contributed by atoms with van der Waals surface area (Å²) in [4.78, 5) is 11.9. The molecule has 0 spiro atoms. The van der Waals surface area contributed by atoms with Crippen LogP contribution in [0.25, 0.3) is 0 Å². The first kappa shape index (κ1) is 15.4. The van der Waals surface area contributed by atoms with Crippen molar-refractivity contribution in [1.82, 2.24) is 10.6 Å². The lowest BCUT2D eigenvalue weighted by Crippen LogP contribution is -2.57. The summed E-state index contributed by atoms with van der Waals surface area (Å²) >= 11 is 0. The highest BCUT2D eigenvalue weighted by Gasteiger charge is 2.36. The Morgan fingerprint density at radius 3 is 2.56 bits per heavy atom. The first-order valence-electron chi connectivity index (χ1n) is 6.96. The average Bonchev–Trinajstić information content (AvgIpc) is 2.26. The number of carbonyl (C=O) groups is 1. The summed E-state index contributed by atoms with van der Waals surface area (Å²) in [5.41, 5.74) is -1.52. The second-order valence-corrected chi connectivity index (χ2v) is 6.48. The molecule has 1 saturated heterocycles. The van der Waals surface area contributed by atoms with Gasteiger partial charge in [-0.1, -0.05) is 0 Å². The van der Waals surface area contributed by atoms with E-state index in [1.54, 1.807) is 13.8 Å². The standard InChI is InChI=1S/C14H28N2O2/c1-13(2,14(3,4)18)16-12(17)8-7-11-6-5-9-15-10-11/h11,15,18H,5-10H2,1-4H3,(H,16,17). The molecule has 1 aliphatic heterocycles. The maximum Gasteiger partial charge on any atom is 0.220 e. The Labute approximate surface area is 111 Å². The second kappa shape index (κ2) is 6.02. The van der Waals surface area contributed by atoms with Gasteiger partial charge in [-0.2, -0.15) is 0 Å². The zero-order chi connectivity index (χ0) is 13.8. The number of amides is 1. The highest BCUT2D eigenvalue weighted by Crippen LogP contribution is 2.21. The Balaban J connectivity index is 2.33. The summed E-state index contributed by atoms with van der Waals surface area (Å²) in [6, 6.07) is 0. The van der Waals surface area contributed by atoms with Gasteiger partial charge in [-0.25, -0.2) is 0 Å². The van der Waals surface area contributed by atoms with Crippen molar-refractivity contribution in [3.8, 4) is 0 Å². The first-order valence-corrected chi connectivity index (χ1v) is 6.96. The molecular weight excluding hydrogens is 228 g/mol. The SMILES string of the molecule is CC(C)(O)C(C)(C)NC(=O)CCC1CCCNC1. The van der Waals surface area contributed by atoms with Gasteiger partial charge in [-0.15, -0.1) is 0 Å². The van der Waals surface area contributed by atoms with Crippen molar-refractivity contribution < 1.29 is 9.90 Å². The Hall–Kier alpha value is -0.610. The summed E-state index contributed by atoms with van der Waals surface area (Å²) in [6.45, 7) is 9.29. The van der Waals surface area contributed by atoms with Crippen LogP contribution in [0.15, 0.2) is 0 Å². The van der Waals surface area contributed by atoms with Crippen LogP contribution < -0.4 is 10.6 Å². The van der Waals surface area contributed by atoms with Crippen LogP contribution >= 0.6 is 0 Å². The van der Waals surface area contributed by atoms with Gasteiger partial charge in [0, 0.05) is 6.42 Å². The monoisotopic (exact) mass is 256 g/mol. The summed E-state index contributed by atoms with van der Waals surface area (Å²) in [5, 5.41) is 16.3. The van der Waals surface area contributed by atoms with Crippen molar-refractivity contribution in [3.63, 3.8) is 0 Å². The van der Waals surface area contributed by atoms with Crippen LogP contribution in [0, 0.1) is 5.92 Å². The molecule has 0 saturated carbocycles. The Morgan fingerprint density at radius 2 is 2.06 bits per heavy atom. The lowest BCUT2D eigenvalue weighted by atomic mass is 9.85. The van der Waals surface area contributed by atoms with E-state index in [0.29, 0.717) is 12.3 Å². The van der Waals surface area contributed by atoms with Crippen molar-refractivity contribution in [2.75, 3.05) is 13.1 Å². The van der Waals surface area contributed by atoms with Crippen molar-refractivity contribution in [2.24, 2.45) is 5.92 Å². The smallest absolute Gasteiger partial charge is 0.220 e. The number of rotatable bonds is 5. The molecule has 106 valence electrons. The minimum absolute atomic E-state index is 0.0349. The van der Waals surface area contributed by atoms with E-state index in [-0.39, 0.29) is 5.91 Å². The number of nitrogens with one attached hydrogen (secondary N) is 2. The molecule has 1 amide bonds. The Kier molecular flexibility index (Phi) is 5.17. The van der Waals surface area contributed by atoms with E-state index in [1.807, 2.05) is 13.8 Å². The first-order chi connectivity index (χ1) is 8.22. The zero-order valence-electron chi connectivity index (χ0n) is 12.2. The third-order valence-corrected chi connectivity index (χ3v) is 4.16. The molecule has 18 heavy (non-hydrogen) atoms. The van der Waals surface area contributed by atoms with E-state index in [2.05, 4.69) is 10.6 Å². The summed E-state index contributed by atoms with van der Waals surface area (Å²) < 4.78 is 0. The Bertz CT molecular complexity index is 276. The molecule has 0 aliphatic carbocycles. The van der Waals surface area contributed by atoms with E-state index >= 15 is 0 Å². The molecule has 4 nitrogen and oxygen atoms in total. The molecule has 4 heteroatoms. The van der Waals surface area contributed by atoms with Gasteiger partial charge < -0.3 is 15.7 Å². The van der Waals surface area contributed by atoms with E-state index in [9.17, 15) is 9.90 Å². The van der Waals surface area contributed by atoms with Crippen molar-refractivity contribution in [1.29, 1.82) is 0 Å². The minimum Gasteiger partial charge on any atom is -0.388 e. The molecule has 3 N–H and O–H groups in total. The maximum atomic E-state index is 11.9. The molecule has 0 radical (unpaired) electrons. The fourth-order valence-electron chi connectivity index (χ4n) is 2.07. The molecule has 1 heterocycles. The van der Waals surface area contributed by atoms with Crippen LogP contribution in [0.5, 0.6) is 0 Å². The number of carbonyl (C=O) groups excluding carboxylic acids is 1. The maximum absolute atomic E-state index is 11.9. The highest BCUT2D eigenvalue weighted by molar-refractivity contribution is 5.76. The lowest BCUT2D eigenvalue weighted by Gasteiger charge is -2.38. The quantitative estimate of drug-likeness (QED) is 0.697. The summed E-state index contributed by atoms with van der Waals surface area (Å²) in [5.74, 6) is 0.655. The predicted octanol–water partition coefficient (Wildman–Crippen LogP) is 1.43. The van der Waals surface area contributed by atoms with Crippen LogP contribution in [-0.2, 0) is 4.79 Å². The molecule has 1 unspecified atom stereocenters. The molecular formula is C14H28N2O2. The number of aliphatic hydroxyl groups is 1. The summed E-state index contributed by atoms with van der Waals surface area (Å²) in [7, 11) is 0. The Morgan fingerprint density at radius 1 is 1.39 bits per heavy atom.